The smallest absolute Gasteiger partial charge is 0.251 e. The number of rotatable bonds is 6. The number of aromatic nitrogens is 1. The van der Waals surface area contributed by atoms with Crippen LogP contribution in [0, 0.1) is 0 Å². The highest BCUT2D eigenvalue weighted by Gasteiger charge is 2.15. The van der Waals surface area contributed by atoms with Crippen LogP contribution in [0.2, 0.25) is 0 Å². The molecule has 0 unspecified atom stereocenters. The van der Waals surface area contributed by atoms with Gasteiger partial charge in [-0.2, -0.15) is 0 Å². The van der Waals surface area contributed by atoms with Gasteiger partial charge in [0.25, 0.3) is 5.91 Å². The first-order valence-corrected chi connectivity index (χ1v) is 8.69. The van der Waals surface area contributed by atoms with E-state index in [0.717, 1.165) is 17.7 Å². The van der Waals surface area contributed by atoms with E-state index in [9.17, 15) is 4.79 Å². The lowest BCUT2D eigenvalue weighted by atomic mass is 10.1. The summed E-state index contributed by atoms with van der Waals surface area (Å²) in [6.45, 7) is 6.95. The average Bonchev–Trinajstić information content (AvgIpc) is 2.60. The molecule has 1 amide bonds. The van der Waals surface area contributed by atoms with Gasteiger partial charge in [-0.1, -0.05) is 18.2 Å². The van der Waals surface area contributed by atoms with Crippen LogP contribution < -0.4 is 16.4 Å². The van der Waals surface area contributed by atoms with Crippen molar-refractivity contribution < 1.29 is 4.79 Å². The number of nitrogens with one attached hydrogen (secondary N) is 2. The maximum absolute atomic E-state index is 12.2. The molecular weight excluding hydrogens is 326 g/mol. The molecule has 0 spiro atoms. The molecule has 6 heteroatoms. The Morgan fingerprint density at radius 3 is 2.69 bits per heavy atom. The zero-order valence-corrected chi connectivity index (χ0v) is 15.6. The minimum Gasteiger partial charge on any atom is -0.370 e. The molecule has 1 heterocycles. The van der Waals surface area contributed by atoms with Crippen LogP contribution in [0.5, 0.6) is 0 Å². The van der Waals surface area contributed by atoms with Gasteiger partial charge in [0.1, 0.15) is 0 Å². The van der Waals surface area contributed by atoms with Crippen LogP contribution in [-0.4, -0.2) is 28.9 Å². The quantitative estimate of drug-likeness (QED) is 0.549. The molecule has 6 nitrogen and oxygen atoms in total. The summed E-state index contributed by atoms with van der Waals surface area (Å²) in [5.74, 6) is 0.287. The lowest BCUT2D eigenvalue weighted by Crippen LogP contribution is -2.40. The number of pyridine rings is 1. The topological polar surface area (TPSA) is 92.4 Å². The second kappa shape index (κ2) is 8.99. The van der Waals surface area contributed by atoms with Crippen molar-refractivity contribution in [1.82, 2.24) is 15.6 Å². The molecule has 0 aliphatic rings. The Balaban J connectivity index is 1.86. The first-order chi connectivity index (χ1) is 12.3. The molecule has 4 N–H and O–H groups in total. The molecule has 1 aromatic heterocycles. The summed E-state index contributed by atoms with van der Waals surface area (Å²) < 4.78 is 0. The van der Waals surface area contributed by atoms with Gasteiger partial charge in [-0.3, -0.25) is 9.78 Å². The van der Waals surface area contributed by atoms with E-state index in [1.807, 2.05) is 57.2 Å². The molecule has 0 bridgehead atoms. The molecular formula is C20H27N5O. The molecule has 0 saturated heterocycles. The number of carbonyl (C=O) groups excluding carboxylic acids is 1. The minimum atomic E-state index is -0.271. The highest BCUT2D eigenvalue weighted by Crippen LogP contribution is 2.09. The third-order valence-electron chi connectivity index (χ3n) is 3.52. The SMILES string of the molecule is CC(C)(C)NC(=O)c1cccc(CN=C(N)NCCc2ccccn2)c1. The molecule has 0 radical (unpaired) electrons. The van der Waals surface area contributed by atoms with Crippen molar-refractivity contribution in [3.63, 3.8) is 0 Å². The summed E-state index contributed by atoms with van der Waals surface area (Å²) in [4.78, 5) is 20.8. The number of nitrogens with two attached hydrogens (primary N) is 1. The maximum Gasteiger partial charge on any atom is 0.251 e. The van der Waals surface area contributed by atoms with Crippen molar-refractivity contribution in [3.8, 4) is 0 Å². The summed E-state index contributed by atoms with van der Waals surface area (Å²) in [7, 11) is 0. The number of amides is 1. The second-order valence-electron chi connectivity index (χ2n) is 7.10. The van der Waals surface area contributed by atoms with Gasteiger partial charge in [-0.05, 0) is 50.6 Å². The van der Waals surface area contributed by atoms with Crippen LogP contribution in [0.15, 0.2) is 53.7 Å². The first kappa shape index (κ1) is 19.4. The fourth-order valence-electron chi connectivity index (χ4n) is 2.32. The highest BCUT2D eigenvalue weighted by molar-refractivity contribution is 5.94. The fourth-order valence-corrected chi connectivity index (χ4v) is 2.32. The molecule has 2 rings (SSSR count). The normalized spacial score (nSPS) is 11.9. The molecule has 0 aliphatic heterocycles. The first-order valence-electron chi connectivity index (χ1n) is 8.69. The van der Waals surface area contributed by atoms with Crippen molar-refractivity contribution >= 4 is 11.9 Å². The predicted octanol–water partition coefficient (Wildman–Crippen LogP) is 2.26. The molecule has 0 saturated carbocycles. The van der Waals surface area contributed by atoms with Gasteiger partial charge >= 0.3 is 0 Å². The number of carbonyl (C=O) groups is 1. The van der Waals surface area contributed by atoms with Crippen molar-refractivity contribution in [2.24, 2.45) is 10.7 Å². The summed E-state index contributed by atoms with van der Waals surface area (Å²) in [6, 6.07) is 13.2. The Morgan fingerprint density at radius 1 is 1.19 bits per heavy atom. The molecule has 26 heavy (non-hydrogen) atoms. The van der Waals surface area contributed by atoms with Crippen LogP contribution in [-0.2, 0) is 13.0 Å². The average molecular weight is 353 g/mol. The Morgan fingerprint density at radius 2 is 2.00 bits per heavy atom. The van der Waals surface area contributed by atoms with E-state index in [-0.39, 0.29) is 11.4 Å². The number of benzene rings is 1. The van der Waals surface area contributed by atoms with E-state index >= 15 is 0 Å². The van der Waals surface area contributed by atoms with E-state index < -0.39 is 0 Å². The lowest BCUT2D eigenvalue weighted by Gasteiger charge is -2.20. The van der Waals surface area contributed by atoms with Crippen LogP contribution >= 0.6 is 0 Å². The van der Waals surface area contributed by atoms with Crippen molar-refractivity contribution in [1.29, 1.82) is 0 Å². The molecule has 0 atom stereocenters. The largest absolute Gasteiger partial charge is 0.370 e. The summed E-state index contributed by atoms with van der Waals surface area (Å²) in [6.07, 6.45) is 2.55. The Bertz CT molecular complexity index is 750. The Kier molecular flexibility index (Phi) is 6.72. The van der Waals surface area contributed by atoms with Gasteiger partial charge in [-0.25, -0.2) is 4.99 Å². The fraction of sp³-hybridized carbons (Fsp3) is 0.350. The molecule has 1 aromatic carbocycles. The molecule has 138 valence electrons. The number of guanidine groups is 1. The van der Waals surface area contributed by atoms with Crippen LogP contribution in [0.1, 0.15) is 42.4 Å². The Labute approximate surface area is 154 Å². The summed E-state index contributed by atoms with van der Waals surface area (Å²) in [5, 5.41) is 6.03. The summed E-state index contributed by atoms with van der Waals surface area (Å²) in [5.41, 5.74) is 8.19. The second-order valence-corrected chi connectivity index (χ2v) is 7.10. The highest BCUT2D eigenvalue weighted by atomic mass is 16.1. The monoisotopic (exact) mass is 353 g/mol. The minimum absolute atomic E-state index is 0.0928. The molecule has 0 fully saturated rings. The van der Waals surface area contributed by atoms with Crippen LogP contribution in [0.4, 0.5) is 0 Å². The third kappa shape index (κ3) is 6.93. The lowest BCUT2D eigenvalue weighted by molar-refractivity contribution is 0.0919. The van der Waals surface area contributed by atoms with Crippen molar-refractivity contribution in [3.05, 3.63) is 65.5 Å². The zero-order chi connectivity index (χ0) is 19.0. The van der Waals surface area contributed by atoms with Crippen LogP contribution in [0.3, 0.4) is 0 Å². The molecule has 0 aliphatic carbocycles. The van der Waals surface area contributed by atoms with Crippen molar-refractivity contribution in [2.45, 2.75) is 39.3 Å². The van der Waals surface area contributed by atoms with Gasteiger partial charge in [-0.15, -0.1) is 0 Å². The predicted molar refractivity (Wildman–Crippen MR) is 105 cm³/mol. The van der Waals surface area contributed by atoms with Crippen LogP contribution in [0.25, 0.3) is 0 Å². The molecule has 2 aromatic rings. The number of aliphatic imine (C=N–C) groups is 1. The third-order valence-corrected chi connectivity index (χ3v) is 3.52. The summed E-state index contributed by atoms with van der Waals surface area (Å²) >= 11 is 0. The van der Waals surface area contributed by atoms with Gasteiger partial charge in [0, 0.05) is 36.0 Å². The van der Waals surface area contributed by atoms with Crippen molar-refractivity contribution in [2.75, 3.05) is 6.54 Å². The van der Waals surface area contributed by atoms with Gasteiger partial charge in [0.05, 0.1) is 6.54 Å². The van der Waals surface area contributed by atoms with Gasteiger partial charge in [0.2, 0.25) is 0 Å². The van der Waals surface area contributed by atoms with E-state index in [0.29, 0.717) is 24.6 Å². The van der Waals surface area contributed by atoms with Gasteiger partial charge < -0.3 is 16.4 Å². The van der Waals surface area contributed by atoms with E-state index in [1.54, 1.807) is 12.3 Å². The number of hydrogen-bond donors (Lipinski definition) is 3. The Hall–Kier alpha value is -2.89. The van der Waals surface area contributed by atoms with E-state index in [1.165, 1.54) is 0 Å². The van der Waals surface area contributed by atoms with E-state index in [2.05, 4.69) is 20.6 Å². The number of hydrogen-bond acceptors (Lipinski definition) is 3. The maximum atomic E-state index is 12.2. The number of nitrogens with zero attached hydrogens (tertiary/aromatic N) is 2. The zero-order valence-electron chi connectivity index (χ0n) is 15.6. The van der Waals surface area contributed by atoms with Gasteiger partial charge in [0.15, 0.2) is 5.96 Å². The van der Waals surface area contributed by atoms with E-state index in [4.69, 9.17) is 5.73 Å². The standard InChI is InChI=1S/C20H27N5O/c1-20(2,3)25-18(26)16-8-6-7-15(13-16)14-24-19(21)23-12-10-17-9-4-5-11-22-17/h4-9,11,13H,10,12,14H2,1-3H3,(H,25,26)(H3,21,23,24).